The average Bonchev–Trinajstić information content (AvgIpc) is 2.68. The molecule has 2 aromatic carbocycles. The number of carbonyl (C=O) groups is 2. The summed E-state index contributed by atoms with van der Waals surface area (Å²) in [6.45, 7) is 1.94. The quantitative estimate of drug-likeness (QED) is 0.716. The number of urea groups is 1. The Balaban J connectivity index is 1.72. The number of benzene rings is 2. The Morgan fingerprint density at radius 1 is 0.931 bits per heavy atom. The third-order valence-electron chi connectivity index (χ3n) is 4.84. The van der Waals surface area contributed by atoms with E-state index in [1.54, 1.807) is 29.2 Å². The summed E-state index contributed by atoms with van der Waals surface area (Å²) in [4.78, 5) is 25.5. The van der Waals surface area contributed by atoms with E-state index in [0.29, 0.717) is 29.9 Å². The van der Waals surface area contributed by atoms with Crippen LogP contribution in [0.25, 0.3) is 0 Å². The first kappa shape index (κ1) is 20.7. The summed E-state index contributed by atoms with van der Waals surface area (Å²) in [5.74, 6) is -0.186. The van der Waals surface area contributed by atoms with E-state index < -0.39 is 11.7 Å². The topological polar surface area (TPSA) is 61.4 Å². The van der Waals surface area contributed by atoms with Crippen LogP contribution in [-0.4, -0.2) is 23.4 Å². The predicted molar refractivity (Wildman–Crippen MR) is 105 cm³/mol. The van der Waals surface area contributed by atoms with E-state index in [2.05, 4.69) is 10.6 Å². The first-order valence-corrected chi connectivity index (χ1v) is 9.36. The molecular formula is C21H22F3N3O2. The number of likely N-dealkylation sites (tertiary alicyclic amines) is 1. The summed E-state index contributed by atoms with van der Waals surface area (Å²) in [6.07, 6.45) is -1.95. The molecule has 0 saturated carbocycles. The molecule has 0 aromatic heterocycles. The van der Waals surface area contributed by atoms with E-state index in [0.717, 1.165) is 25.0 Å². The Bertz CT molecular complexity index is 864. The minimum absolute atomic E-state index is 0.186. The van der Waals surface area contributed by atoms with Crippen molar-refractivity contribution in [3.8, 4) is 0 Å². The molecule has 2 aromatic rings. The van der Waals surface area contributed by atoms with Gasteiger partial charge in [-0.1, -0.05) is 12.1 Å². The van der Waals surface area contributed by atoms with E-state index in [1.807, 2.05) is 0 Å². The van der Waals surface area contributed by atoms with Gasteiger partial charge in [-0.3, -0.25) is 4.79 Å². The minimum Gasteiger partial charge on any atom is -0.326 e. The maximum absolute atomic E-state index is 12.8. The molecule has 3 rings (SSSR count). The highest BCUT2D eigenvalue weighted by Gasteiger charge is 2.32. The smallest absolute Gasteiger partial charge is 0.326 e. The molecular weight excluding hydrogens is 383 g/mol. The number of rotatable bonds is 3. The minimum atomic E-state index is -4.38. The lowest BCUT2D eigenvalue weighted by Crippen LogP contribution is -2.41. The largest absolute Gasteiger partial charge is 0.416 e. The lowest BCUT2D eigenvalue weighted by atomic mass is 9.95. The first-order chi connectivity index (χ1) is 13.7. The van der Waals surface area contributed by atoms with Gasteiger partial charge in [-0.2, -0.15) is 13.2 Å². The third kappa shape index (κ3) is 5.28. The van der Waals surface area contributed by atoms with Crippen molar-refractivity contribution in [3.05, 3.63) is 59.7 Å². The summed E-state index contributed by atoms with van der Waals surface area (Å²) in [6, 6.07) is 11.2. The van der Waals surface area contributed by atoms with Gasteiger partial charge in [-0.05, 0) is 61.2 Å². The van der Waals surface area contributed by atoms with Crippen molar-refractivity contribution in [1.29, 1.82) is 0 Å². The Morgan fingerprint density at radius 3 is 2.07 bits per heavy atom. The predicted octanol–water partition coefficient (Wildman–Crippen LogP) is 5.42. The van der Waals surface area contributed by atoms with Crippen LogP contribution in [0.2, 0.25) is 0 Å². The van der Waals surface area contributed by atoms with Gasteiger partial charge in [0.1, 0.15) is 0 Å². The molecule has 0 bridgehead atoms. The van der Waals surface area contributed by atoms with Gasteiger partial charge in [0.05, 0.1) is 11.6 Å². The van der Waals surface area contributed by atoms with Crippen LogP contribution in [0, 0.1) is 0 Å². The molecule has 0 aliphatic carbocycles. The SMILES string of the molecule is CC(=O)Nc1ccc(NC(=O)N2CCCCC2c2ccc(C(F)(F)F)cc2)cc1. The van der Waals surface area contributed by atoms with Crippen LogP contribution in [0.4, 0.5) is 29.3 Å². The highest BCUT2D eigenvalue weighted by molar-refractivity contribution is 5.91. The summed E-state index contributed by atoms with van der Waals surface area (Å²) in [5, 5.41) is 5.47. The lowest BCUT2D eigenvalue weighted by Gasteiger charge is -2.36. The molecule has 154 valence electrons. The van der Waals surface area contributed by atoms with E-state index in [-0.39, 0.29) is 18.0 Å². The van der Waals surface area contributed by atoms with Crippen molar-refractivity contribution in [3.63, 3.8) is 0 Å². The van der Waals surface area contributed by atoms with Gasteiger partial charge >= 0.3 is 12.2 Å². The van der Waals surface area contributed by atoms with Gasteiger partial charge in [0.15, 0.2) is 0 Å². The van der Waals surface area contributed by atoms with E-state index in [9.17, 15) is 22.8 Å². The number of nitrogens with zero attached hydrogens (tertiary/aromatic N) is 1. The van der Waals surface area contributed by atoms with Crippen molar-refractivity contribution in [1.82, 2.24) is 4.90 Å². The highest BCUT2D eigenvalue weighted by atomic mass is 19.4. The second-order valence-electron chi connectivity index (χ2n) is 7.01. The summed E-state index contributed by atoms with van der Waals surface area (Å²) in [7, 11) is 0. The zero-order valence-electron chi connectivity index (χ0n) is 15.9. The molecule has 8 heteroatoms. The van der Waals surface area contributed by atoms with Gasteiger partial charge in [-0.25, -0.2) is 4.79 Å². The second kappa shape index (κ2) is 8.55. The summed E-state index contributed by atoms with van der Waals surface area (Å²) >= 11 is 0. The van der Waals surface area contributed by atoms with Crippen LogP contribution in [0.3, 0.4) is 0 Å². The van der Waals surface area contributed by atoms with Gasteiger partial charge in [-0.15, -0.1) is 0 Å². The zero-order valence-corrected chi connectivity index (χ0v) is 15.9. The Morgan fingerprint density at radius 2 is 1.52 bits per heavy atom. The number of hydrogen-bond donors (Lipinski definition) is 2. The molecule has 1 aliphatic rings. The lowest BCUT2D eigenvalue weighted by molar-refractivity contribution is -0.137. The molecule has 29 heavy (non-hydrogen) atoms. The van der Waals surface area contributed by atoms with E-state index in [4.69, 9.17) is 0 Å². The molecule has 1 aliphatic heterocycles. The normalized spacial score (nSPS) is 17.0. The fraction of sp³-hybridized carbons (Fsp3) is 0.333. The van der Waals surface area contributed by atoms with Crippen LogP contribution >= 0.6 is 0 Å². The number of halogens is 3. The average molecular weight is 405 g/mol. The number of alkyl halides is 3. The fourth-order valence-electron chi connectivity index (χ4n) is 3.45. The van der Waals surface area contributed by atoms with Crippen molar-refractivity contribution in [2.45, 2.75) is 38.4 Å². The van der Waals surface area contributed by atoms with Crippen LogP contribution in [-0.2, 0) is 11.0 Å². The Labute approximate surface area is 166 Å². The molecule has 1 saturated heterocycles. The van der Waals surface area contributed by atoms with Gasteiger partial charge in [0, 0.05) is 24.8 Å². The van der Waals surface area contributed by atoms with Crippen LogP contribution in [0.15, 0.2) is 48.5 Å². The number of piperidine rings is 1. The molecule has 3 amide bonds. The van der Waals surface area contributed by atoms with Gasteiger partial charge in [0.2, 0.25) is 5.91 Å². The Kier molecular flexibility index (Phi) is 6.10. The number of nitrogens with one attached hydrogen (secondary N) is 2. The first-order valence-electron chi connectivity index (χ1n) is 9.36. The molecule has 1 unspecified atom stereocenters. The van der Waals surface area contributed by atoms with Crippen molar-refractivity contribution < 1.29 is 22.8 Å². The number of carbonyl (C=O) groups excluding carboxylic acids is 2. The fourth-order valence-corrected chi connectivity index (χ4v) is 3.45. The molecule has 5 nitrogen and oxygen atoms in total. The summed E-state index contributed by atoms with van der Waals surface area (Å²) < 4.78 is 38.4. The van der Waals surface area contributed by atoms with E-state index >= 15 is 0 Å². The van der Waals surface area contributed by atoms with Crippen LogP contribution in [0.5, 0.6) is 0 Å². The molecule has 0 spiro atoms. The standard InChI is InChI=1S/C21H22F3N3O2/c1-14(28)25-17-9-11-18(12-10-17)26-20(29)27-13-3-2-4-19(27)15-5-7-16(8-6-15)21(22,23)24/h5-12,19H,2-4,13H2,1H3,(H,25,28)(H,26,29). The molecule has 2 N–H and O–H groups in total. The van der Waals surface area contributed by atoms with Crippen LogP contribution < -0.4 is 10.6 Å². The number of anilines is 2. The molecule has 1 heterocycles. The monoisotopic (exact) mass is 405 g/mol. The number of hydrogen-bond acceptors (Lipinski definition) is 2. The van der Waals surface area contributed by atoms with E-state index in [1.165, 1.54) is 19.1 Å². The van der Waals surface area contributed by atoms with Crippen molar-refractivity contribution in [2.24, 2.45) is 0 Å². The second-order valence-corrected chi connectivity index (χ2v) is 7.01. The number of amides is 3. The third-order valence-corrected chi connectivity index (χ3v) is 4.84. The maximum atomic E-state index is 12.8. The van der Waals surface area contributed by atoms with Crippen molar-refractivity contribution in [2.75, 3.05) is 17.2 Å². The zero-order chi connectivity index (χ0) is 21.0. The maximum Gasteiger partial charge on any atom is 0.416 e. The highest BCUT2D eigenvalue weighted by Crippen LogP contribution is 2.34. The van der Waals surface area contributed by atoms with Crippen LogP contribution in [0.1, 0.15) is 43.4 Å². The molecule has 1 atom stereocenters. The summed E-state index contributed by atoms with van der Waals surface area (Å²) in [5.41, 5.74) is 1.18. The molecule has 0 radical (unpaired) electrons. The van der Waals surface area contributed by atoms with Gasteiger partial charge < -0.3 is 15.5 Å². The Hall–Kier alpha value is -3.03. The van der Waals surface area contributed by atoms with Gasteiger partial charge in [0.25, 0.3) is 0 Å². The van der Waals surface area contributed by atoms with Crippen molar-refractivity contribution >= 4 is 23.3 Å². The molecule has 1 fully saturated rings.